The smallest absolute Gasteiger partial charge is 0.123 e. The summed E-state index contributed by atoms with van der Waals surface area (Å²) in [6.45, 7) is 5.63. The van der Waals surface area contributed by atoms with Crippen molar-refractivity contribution in [3.05, 3.63) is 30.1 Å². The molecule has 1 rings (SSSR count). The van der Waals surface area contributed by atoms with Crippen molar-refractivity contribution in [2.24, 2.45) is 0 Å². The lowest BCUT2D eigenvalue weighted by Gasteiger charge is -2.20. The van der Waals surface area contributed by atoms with Crippen LogP contribution in [-0.4, -0.2) is 42.9 Å². The Morgan fingerprint density at radius 2 is 1.79 bits per heavy atom. The minimum atomic E-state index is -0.249. The number of benzene rings is 1. The van der Waals surface area contributed by atoms with Gasteiger partial charge in [-0.2, -0.15) is 0 Å². The third-order valence-electron chi connectivity index (χ3n) is 2.95. The van der Waals surface area contributed by atoms with Gasteiger partial charge in [-0.1, -0.05) is 13.3 Å². The minimum absolute atomic E-state index is 0.197. The van der Waals surface area contributed by atoms with E-state index in [0.717, 1.165) is 38.9 Å². The van der Waals surface area contributed by atoms with Crippen LogP contribution in [0.4, 0.5) is 4.39 Å². The van der Waals surface area contributed by atoms with Gasteiger partial charge in [0.15, 0.2) is 0 Å². The Hall–Kier alpha value is -1.13. The van der Waals surface area contributed by atoms with E-state index in [4.69, 9.17) is 9.84 Å². The van der Waals surface area contributed by atoms with Crippen LogP contribution in [0.2, 0.25) is 0 Å². The highest BCUT2D eigenvalue weighted by molar-refractivity contribution is 5.21. The minimum Gasteiger partial charge on any atom is -0.494 e. The number of rotatable bonds is 10. The monoisotopic (exact) mass is 269 g/mol. The number of halogens is 1. The molecule has 0 aliphatic heterocycles. The zero-order valence-corrected chi connectivity index (χ0v) is 11.6. The van der Waals surface area contributed by atoms with E-state index in [-0.39, 0.29) is 12.4 Å². The molecule has 0 aliphatic rings. The average molecular weight is 269 g/mol. The van der Waals surface area contributed by atoms with Crippen LogP contribution in [0.15, 0.2) is 24.3 Å². The number of hydrogen-bond donors (Lipinski definition) is 1. The van der Waals surface area contributed by atoms with Gasteiger partial charge in [0, 0.05) is 13.1 Å². The van der Waals surface area contributed by atoms with E-state index in [1.165, 1.54) is 12.1 Å². The first-order chi connectivity index (χ1) is 9.26. The van der Waals surface area contributed by atoms with Crippen molar-refractivity contribution < 1.29 is 14.2 Å². The van der Waals surface area contributed by atoms with Crippen LogP contribution in [0.5, 0.6) is 5.75 Å². The van der Waals surface area contributed by atoms with Crippen molar-refractivity contribution in [3.63, 3.8) is 0 Å². The largest absolute Gasteiger partial charge is 0.494 e. The molecule has 0 spiro atoms. The molecule has 0 unspecified atom stereocenters. The number of aliphatic hydroxyl groups excluding tert-OH is 1. The van der Waals surface area contributed by atoms with Crippen LogP contribution >= 0.6 is 0 Å². The van der Waals surface area contributed by atoms with E-state index >= 15 is 0 Å². The molecule has 4 heteroatoms. The molecule has 0 radical (unpaired) electrons. The molecule has 0 saturated carbocycles. The summed E-state index contributed by atoms with van der Waals surface area (Å²) >= 11 is 0. The standard InChI is InChI=1S/C15H24FNO2/c1-2-3-9-17(11-12-18)10-4-13-19-15-7-5-14(16)6-8-15/h5-8,18H,2-4,9-13H2,1H3. The molecule has 0 amide bonds. The second-order valence-corrected chi connectivity index (χ2v) is 4.57. The normalized spacial score (nSPS) is 10.9. The molecule has 3 nitrogen and oxygen atoms in total. The Kier molecular flexibility index (Phi) is 8.18. The van der Waals surface area contributed by atoms with Crippen molar-refractivity contribution in [1.82, 2.24) is 4.90 Å². The molecule has 1 aromatic rings. The molecule has 0 bridgehead atoms. The maximum atomic E-state index is 12.7. The van der Waals surface area contributed by atoms with Crippen LogP contribution in [0.25, 0.3) is 0 Å². The van der Waals surface area contributed by atoms with Gasteiger partial charge < -0.3 is 14.7 Å². The Bertz CT molecular complexity index is 329. The van der Waals surface area contributed by atoms with E-state index in [9.17, 15) is 4.39 Å². The average Bonchev–Trinajstić information content (AvgIpc) is 2.42. The predicted octanol–water partition coefficient (Wildman–Crippen LogP) is 2.69. The molecular formula is C15H24FNO2. The Labute approximate surface area is 115 Å². The third kappa shape index (κ3) is 7.13. The molecule has 19 heavy (non-hydrogen) atoms. The highest BCUT2D eigenvalue weighted by Gasteiger charge is 2.03. The summed E-state index contributed by atoms with van der Waals surface area (Å²) in [4.78, 5) is 2.25. The maximum absolute atomic E-state index is 12.7. The van der Waals surface area contributed by atoms with Crippen LogP contribution in [0, 0.1) is 5.82 Å². The first-order valence-electron chi connectivity index (χ1n) is 6.98. The quantitative estimate of drug-likeness (QED) is 0.663. The zero-order valence-electron chi connectivity index (χ0n) is 11.6. The van der Waals surface area contributed by atoms with Crippen LogP contribution in [0.3, 0.4) is 0 Å². The molecule has 108 valence electrons. The van der Waals surface area contributed by atoms with Gasteiger partial charge in [-0.3, -0.25) is 0 Å². The van der Waals surface area contributed by atoms with E-state index < -0.39 is 0 Å². The van der Waals surface area contributed by atoms with E-state index in [2.05, 4.69) is 11.8 Å². The van der Waals surface area contributed by atoms with Gasteiger partial charge in [0.25, 0.3) is 0 Å². The fourth-order valence-electron chi connectivity index (χ4n) is 1.87. The van der Waals surface area contributed by atoms with Gasteiger partial charge in [-0.15, -0.1) is 0 Å². The summed E-state index contributed by atoms with van der Waals surface area (Å²) in [6.07, 6.45) is 3.22. The topological polar surface area (TPSA) is 32.7 Å². The summed E-state index contributed by atoms with van der Waals surface area (Å²) in [5.74, 6) is 0.449. The molecule has 0 fully saturated rings. The first-order valence-corrected chi connectivity index (χ1v) is 6.98. The van der Waals surface area contributed by atoms with Crippen molar-refractivity contribution in [3.8, 4) is 5.75 Å². The number of hydrogen-bond acceptors (Lipinski definition) is 3. The van der Waals surface area contributed by atoms with Crippen LogP contribution < -0.4 is 4.74 Å². The number of unbranched alkanes of at least 4 members (excludes halogenated alkanes) is 1. The van der Waals surface area contributed by atoms with Crippen molar-refractivity contribution in [1.29, 1.82) is 0 Å². The number of nitrogens with zero attached hydrogens (tertiary/aromatic N) is 1. The summed E-state index contributed by atoms with van der Waals surface area (Å²) in [5, 5.41) is 8.99. The molecule has 1 aromatic carbocycles. The molecule has 0 aliphatic carbocycles. The first kappa shape index (κ1) is 15.9. The zero-order chi connectivity index (χ0) is 13.9. The highest BCUT2D eigenvalue weighted by Crippen LogP contribution is 2.11. The van der Waals surface area contributed by atoms with Crippen molar-refractivity contribution in [2.75, 3.05) is 32.8 Å². The second kappa shape index (κ2) is 9.75. The molecule has 0 saturated heterocycles. The van der Waals surface area contributed by atoms with Gasteiger partial charge in [-0.25, -0.2) is 4.39 Å². The van der Waals surface area contributed by atoms with Crippen LogP contribution in [-0.2, 0) is 0 Å². The molecule has 0 heterocycles. The molecular weight excluding hydrogens is 245 g/mol. The summed E-state index contributed by atoms with van der Waals surface area (Å²) < 4.78 is 18.2. The second-order valence-electron chi connectivity index (χ2n) is 4.57. The highest BCUT2D eigenvalue weighted by atomic mass is 19.1. The summed E-state index contributed by atoms with van der Waals surface area (Å²) in [5.41, 5.74) is 0. The van der Waals surface area contributed by atoms with Gasteiger partial charge in [0.2, 0.25) is 0 Å². The van der Waals surface area contributed by atoms with Gasteiger partial charge in [0.05, 0.1) is 13.2 Å². The number of ether oxygens (including phenoxy) is 1. The third-order valence-corrected chi connectivity index (χ3v) is 2.95. The number of aliphatic hydroxyl groups is 1. The fraction of sp³-hybridized carbons (Fsp3) is 0.600. The summed E-state index contributed by atoms with van der Waals surface area (Å²) in [6, 6.07) is 6.07. The SMILES string of the molecule is CCCCN(CCO)CCCOc1ccc(F)cc1. The fourth-order valence-corrected chi connectivity index (χ4v) is 1.87. The molecule has 1 N–H and O–H groups in total. The molecule has 0 atom stereocenters. The Morgan fingerprint density at radius 1 is 1.11 bits per heavy atom. The van der Waals surface area contributed by atoms with Crippen molar-refractivity contribution in [2.45, 2.75) is 26.2 Å². The van der Waals surface area contributed by atoms with E-state index in [1.54, 1.807) is 12.1 Å². The summed E-state index contributed by atoms with van der Waals surface area (Å²) in [7, 11) is 0. The molecule has 0 aromatic heterocycles. The van der Waals surface area contributed by atoms with Gasteiger partial charge in [-0.05, 0) is 43.7 Å². The lowest BCUT2D eigenvalue weighted by molar-refractivity contribution is 0.181. The maximum Gasteiger partial charge on any atom is 0.123 e. The Balaban J connectivity index is 2.18. The van der Waals surface area contributed by atoms with Crippen LogP contribution in [0.1, 0.15) is 26.2 Å². The van der Waals surface area contributed by atoms with Gasteiger partial charge in [0.1, 0.15) is 11.6 Å². The van der Waals surface area contributed by atoms with E-state index in [1.807, 2.05) is 0 Å². The van der Waals surface area contributed by atoms with Gasteiger partial charge >= 0.3 is 0 Å². The van der Waals surface area contributed by atoms with Crippen molar-refractivity contribution >= 4 is 0 Å². The lowest BCUT2D eigenvalue weighted by atomic mass is 10.3. The van der Waals surface area contributed by atoms with E-state index in [0.29, 0.717) is 12.4 Å². The lowest BCUT2D eigenvalue weighted by Crippen LogP contribution is -2.29. The Morgan fingerprint density at radius 3 is 2.42 bits per heavy atom. The predicted molar refractivity (Wildman–Crippen MR) is 74.9 cm³/mol.